The van der Waals surface area contributed by atoms with Crippen molar-refractivity contribution in [3.63, 3.8) is 0 Å². The van der Waals surface area contributed by atoms with E-state index in [0.29, 0.717) is 0 Å². The van der Waals surface area contributed by atoms with Crippen molar-refractivity contribution >= 4 is 10.9 Å². The lowest BCUT2D eigenvalue weighted by Gasteiger charge is -1.98. The Morgan fingerprint density at radius 2 is 2.06 bits per heavy atom. The zero-order valence-corrected chi connectivity index (χ0v) is 9.55. The van der Waals surface area contributed by atoms with Gasteiger partial charge in [-0.25, -0.2) is 0 Å². The monoisotopic (exact) mass is 224 g/mol. The van der Waals surface area contributed by atoms with Gasteiger partial charge in [0, 0.05) is 29.6 Å². The predicted molar refractivity (Wildman–Crippen MR) is 66.6 cm³/mol. The fourth-order valence-electron chi connectivity index (χ4n) is 1.83. The van der Waals surface area contributed by atoms with Crippen LogP contribution in [-0.2, 0) is 6.42 Å². The topological polar surface area (TPSA) is 38.9 Å². The van der Waals surface area contributed by atoms with E-state index in [4.69, 9.17) is 4.52 Å². The summed E-state index contributed by atoms with van der Waals surface area (Å²) in [5.74, 6) is 0.896. The smallest absolute Gasteiger partial charge is 0.137 e. The van der Waals surface area contributed by atoms with Crippen LogP contribution in [0.5, 0.6) is 0 Å². The van der Waals surface area contributed by atoms with Crippen LogP contribution in [0.4, 0.5) is 0 Å². The van der Waals surface area contributed by atoms with E-state index in [1.807, 2.05) is 43.5 Å². The predicted octanol–water partition coefficient (Wildman–Crippen LogP) is 3.45. The zero-order chi connectivity index (χ0) is 11.7. The van der Waals surface area contributed by atoms with E-state index < -0.39 is 0 Å². The fourth-order valence-corrected chi connectivity index (χ4v) is 1.83. The summed E-state index contributed by atoms with van der Waals surface area (Å²) >= 11 is 0. The summed E-state index contributed by atoms with van der Waals surface area (Å²) in [5.41, 5.74) is 2.84. The van der Waals surface area contributed by atoms with Crippen molar-refractivity contribution in [1.29, 1.82) is 0 Å². The first-order chi connectivity index (χ1) is 8.36. The van der Waals surface area contributed by atoms with Crippen LogP contribution in [-0.4, -0.2) is 10.1 Å². The zero-order valence-electron chi connectivity index (χ0n) is 9.55. The number of para-hydroxylation sites is 1. The number of nitrogens with zero attached hydrogens (tertiary/aromatic N) is 2. The molecule has 2 aromatic heterocycles. The normalized spacial score (nSPS) is 10.9. The molecule has 0 unspecified atom stereocenters. The molecule has 0 radical (unpaired) electrons. The lowest BCUT2D eigenvalue weighted by molar-refractivity contribution is 0.389. The highest BCUT2D eigenvalue weighted by Crippen LogP contribution is 2.22. The molecule has 0 aliphatic rings. The number of hydrogen-bond acceptors (Lipinski definition) is 3. The third-order valence-electron chi connectivity index (χ3n) is 2.79. The maximum absolute atomic E-state index is 5.20. The molecule has 17 heavy (non-hydrogen) atoms. The molecule has 0 aliphatic carbocycles. The molecule has 0 aliphatic heterocycles. The standard InChI is InChI=1S/C14H12N2O/c1-2-12-8-14(16-17-12)11-7-10-5-3-4-6-13(10)15-9-11/h3-9H,2H2,1H3. The largest absolute Gasteiger partial charge is 0.361 e. The number of pyridine rings is 1. The van der Waals surface area contributed by atoms with Crippen molar-refractivity contribution in [3.05, 3.63) is 48.4 Å². The maximum Gasteiger partial charge on any atom is 0.137 e. The minimum Gasteiger partial charge on any atom is -0.361 e. The molecule has 0 bridgehead atoms. The van der Waals surface area contributed by atoms with Gasteiger partial charge < -0.3 is 4.52 Å². The van der Waals surface area contributed by atoms with Gasteiger partial charge in [0.2, 0.25) is 0 Å². The second kappa shape index (κ2) is 4.01. The number of hydrogen-bond donors (Lipinski definition) is 0. The van der Waals surface area contributed by atoms with Crippen molar-refractivity contribution in [2.24, 2.45) is 0 Å². The summed E-state index contributed by atoms with van der Waals surface area (Å²) in [6.07, 6.45) is 2.69. The van der Waals surface area contributed by atoms with E-state index >= 15 is 0 Å². The van der Waals surface area contributed by atoms with Crippen LogP contribution in [0.25, 0.3) is 22.2 Å². The Balaban J connectivity index is 2.11. The van der Waals surface area contributed by atoms with E-state index in [2.05, 4.69) is 16.2 Å². The Bertz CT molecular complexity index is 658. The Morgan fingerprint density at radius 1 is 1.18 bits per heavy atom. The average molecular weight is 224 g/mol. The van der Waals surface area contributed by atoms with Crippen molar-refractivity contribution < 1.29 is 4.52 Å². The molecule has 0 N–H and O–H groups in total. The number of aryl methyl sites for hydroxylation is 1. The van der Waals surface area contributed by atoms with E-state index in [1.54, 1.807) is 0 Å². The van der Waals surface area contributed by atoms with Crippen molar-refractivity contribution in [3.8, 4) is 11.3 Å². The van der Waals surface area contributed by atoms with Crippen LogP contribution >= 0.6 is 0 Å². The van der Waals surface area contributed by atoms with Gasteiger partial charge in [0.25, 0.3) is 0 Å². The second-order valence-corrected chi connectivity index (χ2v) is 3.95. The van der Waals surface area contributed by atoms with Gasteiger partial charge in [-0.2, -0.15) is 0 Å². The Morgan fingerprint density at radius 3 is 2.88 bits per heavy atom. The molecule has 3 aromatic rings. The van der Waals surface area contributed by atoms with Crippen LogP contribution < -0.4 is 0 Å². The lowest BCUT2D eigenvalue weighted by atomic mass is 10.1. The second-order valence-electron chi connectivity index (χ2n) is 3.95. The van der Waals surface area contributed by atoms with Crippen molar-refractivity contribution in [2.45, 2.75) is 13.3 Å². The van der Waals surface area contributed by atoms with Crippen LogP contribution in [0, 0.1) is 0 Å². The highest BCUT2D eigenvalue weighted by atomic mass is 16.5. The molecular formula is C14H12N2O. The molecule has 84 valence electrons. The SMILES string of the molecule is CCc1cc(-c2cnc3ccccc3c2)no1. The van der Waals surface area contributed by atoms with Crippen LogP contribution in [0.1, 0.15) is 12.7 Å². The van der Waals surface area contributed by atoms with Gasteiger partial charge in [0.1, 0.15) is 11.5 Å². The molecule has 3 rings (SSSR count). The van der Waals surface area contributed by atoms with Gasteiger partial charge >= 0.3 is 0 Å². The summed E-state index contributed by atoms with van der Waals surface area (Å²) in [7, 11) is 0. The Labute approximate surface area is 99.1 Å². The molecular weight excluding hydrogens is 212 g/mol. The molecule has 2 heterocycles. The average Bonchev–Trinajstić information content (AvgIpc) is 2.87. The number of rotatable bonds is 2. The first kappa shape index (κ1) is 10.0. The summed E-state index contributed by atoms with van der Waals surface area (Å²) in [4.78, 5) is 4.41. The summed E-state index contributed by atoms with van der Waals surface area (Å²) < 4.78 is 5.20. The van der Waals surface area contributed by atoms with Gasteiger partial charge in [0.15, 0.2) is 0 Å². The van der Waals surface area contributed by atoms with E-state index in [9.17, 15) is 0 Å². The molecule has 0 saturated carbocycles. The minimum absolute atomic E-state index is 0.847. The number of aromatic nitrogens is 2. The molecule has 3 nitrogen and oxygen atoms in total. The molecule has 0 saturated heterocycles. The molecule has 0 amide bonds. The Hall–Kier alpha value is -2.16. The van der Waals surface area contributed by atoms with E-state index in [1.165, 1.54) is 0 Å². The first-order valence-electron chi connectivity index (χ1n) is 5.67. The third kappa shape index (κ3) is 1.80. The minimum atomic E-state index is 0.847. The molecule has 3 heteroatoms. The highest BCUT2D eigenvalue weighted by molar-refractivity contribution is 5.82. The summed E-state index contributed by atoms with van der Waals surface area (Å²) in [5, 5.41) is 5.17. The number of benzene rings is 1. The van der Waals surface area contributed by atoms with Crippen molar-refractivity contribution in [2.75, 3.05) is 0 Å². The van der Waals surface area contributed by atoms with E-state index in [0.717, 1.165) is 34.3 Å². The maximum atomic E-state index is 5.20. The third-order valence-corrected chi connectivity index (χ3v) is 2.79. The van der Waals surface area contributed by atoms with Crippen LogP contribution in [0.2, 0.25) is 0 Å². The van der Waals surface area contributed by atoms with Gasteiger partial charge in [-0.3, -0.25) is 4.98 Å². The fraction of sp³-hybridized carbons (Fsp3) is 0.143. The van der Waals surface area contributed by atoms with Crippen LogP contribution in [0.15, 0.2) is 47.1 Å². The Kier molecular flexibility index (Phi) is 2.37. The first-order valence-corrected chi connectivity index (χ1v) is 5.67. The molecule has 0 fully saturated rings. The van der Waals surface area contributed by atoms with Crippen LogP contribution in [0.3, 0.4) is 0 Å². The number of fused-ring (bicyclic) bond motifs is 1. The van der Waals surface area contributed by atoms with Crippen molar-refractivity contribution in [1.82, 2.24) is 10.1 Å². The summed E-state index contributed by atoms with van der Waals surface area (Å²) in [6.45, 7) is 2.04. The van der Waals surface area contributed by atoms with Gasteiger partial charge in [0.05, 0.1) is 5.52 Å². The highest BCUT2D eigenvalue weighted by Gasteiger charge is 2.06. The quantitative estimate of drug-likeness (QED) is 0.669. The van der Waals surface area contributed by atoms with Gasteiger partial charge in [-0.15, -0.1) is 0 Å². The summed E-state index contributed by atoms with van der Waals surface area (Å²) in [6, 6.07) is 12.1. The van der Waals surface area contributed by atoms with Gasteiger partial charge in [-0.05, 0) is 12.1 Å². The van der Waals surface area contributed by atoms with Gasteiger partial charge in [-0.1, -0.05) is 30.3 Å². The molecule has 0 atom stereocenters. The lowest BCUT2D eigenvalue weighted by Crippen LogP contribution is -1.82. The molecule has 1 aromatic carbocycles. The van der Waals surface area contributed by atoms with E-state index in [-0.39, 0.29) is 0 Å². The molecule has 0 spiro atoms.